The fraction of sp³-hybridized carbons (Fsp3) is 0.417. The van der Waals surface area contributed by atoms with Crippen LogP contribution in [0.4, 0.5) is 5.95 Å². The van der Waals surface area contributed by atoms with Gasteiger partial charge in [-0.15, -0.1) is 0 Å². The highest BCUT2D eigenvalue weighted by Crippen LogP contribution is 2.27. The number of hydrazine groups is 1. The normalized spacial score (nSPS) is 17.8. The fourth-order valence-corrected chi connectivity index (χ4v) is 1.79. The first-order chi connectivity index (χ1) is 9.24. The highest BCUT2D eigenvalue weighted by molar-refractivity contribution is 5.96. The van der Waals surface area contributed by atoms with Crippen LogP contribution in [0, 0.1) is 5.92 Å². The predicted molar refractivity (Wildman–Crippen MR) is 68.4 cm³/mol. The Balaban J connectivity index is 1.70. The van der Waals surface area contributed by atoms with Crippen LogP contribution in [0.3, 0.4) is 0 Å². The van der Waals surface area contributed by atoms with Crippen molar-refractivity contribution in [3.8, 4) is 5.88 Å². The van der Waals surface area contributed by atoms with Gasteiger partial charge in [0.15, 0.2) is 0 Å². The Hall–Kier alpha value is -2.15. The number of hydrogen-bond donors (Lipinski definition) is 3. The van der Waals surface area contributed by atoms with Gasteiger partial charge in [-0.05, 0) is 18.8 Å². The van der Waals surface area contributed by atoms with Crippen molar-refractivity contribution in [2.75, 3.05) is 18.1 Å². The van der Waals surface area contributed by atoms with Gasteiger partial charge in [-0.25, -0.2) is 10.4 Å². The summed E-state index contributed by atoms with van der Waals surface area (Å²) in [5.41, 5.74) is 3.09. The van der Waals surface area contributed by atoms with E-state index in [1.54, 1.807) is 11.2 Å². The monoisotopic (exact) mass is 261 g/mol. The number of rotatable bonds is 4. The molecule has 7 heteroatoms. The van der Waals surface area contributed by atoms with Gasteiger partial charge in [0.1, 0.15) is 5.56 Å². The van der Waals surface area contributed by atoms with E-state index in [-0.39, 0.29) is 17.4 Å². The van der Waals surface area contributed by atoms with Gasteiger partial charge in [0, 0.05) is 25.5 Å². The summed E-state index contributed by atoms with van der Waals surface area (Å²) in [4.78, 5) is 19.8. The van der Waals surface area contributed by atoms with Crippen LogP contribution in [-0.2, 0) is 0 Å². The highest BCUT2D eigenvalue weighted by Gasteiger charge is 2.23. The molecule has 0 spiro atoms. The minimum atomic E-state index is -0.333. The third-order valence-corrected chi connectivity index (χ3v) is 3.10. The summed E-state index contributed by atoms with van der Waals surface area (Å²) >= 11 is 0. The first kappa shape index (κ1) is 11.9. The summed E-state index contributed by atoms with van der Waals surface area (Å²) < 4.78 is 0. The van der Waals surface area contributed by atoms with E-state index in [0.29, 0.717) is 25.0 Å². The Kier molecular flexibility index (Phi) is 3.04. The Bertz CT molecular complexity index is 527. The van der Waals surface area contributed by atoms with Crippen LogP contribution in [0.1, 0.15) is 23.2 Å². The molecule has 0 unspecified atom stereocenters. The third-order valence-electron chi connectivity index (χ3n) is 3.10. The number of anilines is 1. The molecule has 0 radical (unpaired) electrons. The second-order valence-corrected chi connectivity index (χ2v) is 4.68. The van der Waals surface area contributed by atoms with Gasteiger partial charge in [0.2, 0.25) is 11.8 Å². The highest BCUT2D eigenvalue weighted by atomic mass is 16.3. The SMILES string of the molecule is O=C(NCC1CC1)c1cnc(N2C=CCN2)nc1O. The first-order valence-electron chi connectivity index (χ1n) is 6.27. The molecule has 0 saturated heterocycles. The van der Waals surface area contributed by atoms with Gasteiger partial charge < -0.3 is 10.4 Å². The number of carbonyl (C=O) groups excluding carboxylic acids is 1. The topological polar surface area (TPSA) is 90.4 Å². The van der Waals surface area contributed by atoms with Crippen LogP contribution in [-0.4, -0.2) is 34.1 Å². The number of amides is 1. The Morgan fingerprint density at radius 3 is 3.05 bits per heavy atom. The summed E-state index contributed by atoms with van der Waals surface area (Å²) in [6.07, 6.45) is 7.33. The molecule has 0 aromatic carbocycles. The van der Waals surface area contributed by atoms with E-state index >= 15 is 0 Å². The zero-order chi connectivity index (χ0) is 13.2. The number of carbonyl (C=O) groups is 1. The Morgan fingerprint density at radius 1 is 1.58 bits per heavy atom. The van der Waals surface area contributed by atoms with Crippen molar-refractivity contribution in [1.82, 2.24) is 20.7 Å². The molecule has 1 fully saturated rings. The number of aromatic nitrogens is 2. The summed E-state index contributed by atoms with van der Waals surface area (Å²) in [5.74, 6) is 0.261. The molecule has 0 atom stereocenters. The summed E-state index contributed by atoms with van der Waals surface area (Å²) in [6.45, 7) is 1.34. The molecule has 1 aromatic heterocycles. The van der Waals surface area contributed by atoms with Gasteiger partial charge in [0.25, 0.3) is 5.91 Å². The molecule has 19 heavy (non-hydrogen) atoms. The van der Waals surface area contributed by atoms with Crippen molar-refractivity contribution in [2.24, 2.45) is 5.92 Å². The lowest BCUT2D eigenvalue weighted by Crippen LogP contribution is -2.30. The van der Waals surface area contributed by atoms with Crippen molar-refractivity contribution >= 4 is 11.9 Å². The largest absolute Gasteiger partial charge is 0.493 e. The van der Waals surface area contributed by atoms with Gasteiger partial charge in [-0.1, -0.05) is 6.08 Å². The van der Waals surface area contributed by atoms with Crippen LogP contribution >= 0.6 is 0 Å². The molecular weight excluding hydrogens is 246 g/mol. The van der Waals surface area contributed by atoms with E-state index in [1.807, 2.05) is 6.08 Å². The summed E-state index contributed by atoms with van der Waals surface area (Å²) in [6, 6.07) is 0. The zero-order valence-corrected chi connectivity index (χ0v) is 10.3. The van der Waals surface area contributed by atoms with Crippen molar-refractivity contribution in [3.05, 3.63) is 24.0 Å². The molecular formula is C12H15N5O2. The van der Waals surface area contributed by atoms with E-state index in [4.69, 9.17) is 0 Å². The minimum absolute atomic E-state index is 0.104. The van der Waals surface area contributed by atoms with Gasteiger partial charge in [-0.2, -0.15) is 4.98 Å². The van der Waals surface area contributed by atoms with E-state index in [9.17, 15) is 9.90 Å². The van der Waals surface area contributed by atoms with Crippen molar-refractivity contribution < 1.29 is 9.90 Å². The predicted octanol–water partition coefficient (Wildman–Crippen LogP) is 0.160. The number of hydrogen-bond acceptors (Lipinski definition) is 6. The van der Waals surface area contributed by atoms with Gasteiger partial charge in [-0.3, -0.25) is 9.80 Å². The summed E-state index contributed by atoms with van der Waals surface area (Å²) in [5, 5.41) is 14.2. The van der Waals surface area contributed by atoms with Crippen molar-refractivity contribution in [3.63, 3.8) is 0 Å². The molecule has 1 aliphatic carbocycles. The second kappa shape index (κ2) is 4.85. The van der Waals surface area contributed by atoms with E-state index in [1.165, 1.54) is 6.20 Å². The number of aromatic hydroxyl groups is 1. The zero-order valence-electron chi connectivity index (χ0n) is 10.3. The van der Waals surface area contributed by atoms with Crippen LogP contribution < -0.4 is 15.8 Å². The molecule has 7 nitrogen and oxygen atoms in total. The second-order valence-electron chi connectivity index (χ2n) is 4.68. The van der Waals surface area contributed by atoms with Crippen molar-refractivity contribution in [1.29, 1.82) is 0 Å². The molecule has 3 N–H and O–H groups in total. The molecule has 3 rings (SSSR count). The molecule has 2 heterocycles. The lowest BCUT2D eigenvalue weighted by molar-refractivity contribution is 0.0948. The van der Waals surface area contributed by atoms with Crippen LogP contribution in [0.25, 0.3) is 0 Å². The first-order valence-corrected chi connectivity index (χ1v) is 6.27. The average molecular weight is 261 g/mol. The smallest absolute Gasteiger partial charge is 0.258 e. The molecule has 0 bridgehead atoms. The average Bonchev–Trinajstić information content (AvgIpc) is 3.07. The maximum Gasteiger partial charge on any atom is 0.258 e. The molecule has 1 amide bonds. The van der Waals surface area contributed by atoms with Crippen molar-refractivity contribution in [2.45, 2.75) is 12.8 Å². The van der Waals surface area contributed by atoms with Gasteiger partial charge in [0.05, 0.1) is 0 Å². The molecule has 2 aliphatic rings. The van der Waals surface area contributed by atoms with Gasteiger partial charge >= 0.3 is 0 Å². The van der Waals surface area contributed by atoms with Crippen LogP contribution in [0.2, 0.25) is 0 Å². The van der Waals surface area contributed by atoms with E-state index in [2.05, 4.69) is 20.7 Å². The molecule has 1 aliphatic heterocycles. The van der Waals surface area contributed by atoms with E-state index < -0.39 is 0 Å². The van der Waals surface area contributed by atoms with Crippen LogP contribution in [0.5, 0.6) is 5.88 Å². The maximum atomic E-state index is 11.8. The summed E-state index contributed by atoms with van der Waals surface area (Å²) in [7, 11) is 0. The standard InChI is InChI=1S/C12H15N5O2/c18-10(13-6-8-2-3-8)9-7-14-12(16-11(9)19)17-5-1-4-15-17/h1,5,7-8,15H,2-4,6H2,(H,13,18)(H,14,16,19). The number of nitrogens with zero attached hydrogens (tertiary/aromatic N) is 3. The fourth-order valence-electron chi connectivity index (χ4n) is 1.79. The minimum Gasteiger partial charge on any atom is -0.493 e. The molecule has 100 valence electrons. The van der Waals surface area contributed by atoms with E-state index in [0.717, 1.165) is 12.8 Å². The Morgan fingerprint density at radius 2 is 2.42 bits per heavy atom. The molecule has 1 aromatic rings. The quantitative estimate of drug-likeness (QED) is 0.715. The Labute approximate surface area is 110 Å². The maximum absolute atomic E-state index is 11.8. The molecule has 1 saturated carbocycles. The number of nitrogens with one attached hydrogen (secondary N) is 2. The lowest BCUT2D eigenvalue weighted by atomic mass is 10.3. The van der Waals surface area contributed by atoms with Crippen LogP contribution in [0.15, 0.2) is 18.5 Å². The third kappa shape index (κ3) is 2.65. The lowest BCUT2D eigenvalue weighted by Gasteiger charge is -2.14.